The molecule has 7 nitrogen and oxygen atoms in total. The van der Waals surface area contributed by atoms with Crippen molar-refractivity contribution < 1.29 is 4.79 Å². The van der Waals surface area contributed by atoms with Crippen molar-refractivity contribution in [1.82, 2.24) is 14.5 Å². The third kappa shape index (κ3) is 2.91. The Labute approximate surface area is 102 Å². The van der Waals surface area contributed by atoms with E-state index < -0.39 is 5.91 Å². The fourth-order valence-electron chi connectivity index (χ4n) is 1.36. The number of hydrogen-bond donors (Lipinski definition) is 2. The molecule has 0 radical (unpaired) electrons. The SMILES string of the molecule is Nc1ccc(=O)n(CC(=O)Nc2ncccn2)c1. The Morgan fingerprint density at radius 1 is 1.33 bits per heavy atom. The molecular weight excluding hydrogens is 234 g/mol. The highest BCUT2D eigenvalue weighted by Crippen LogP contribution is 1.98. The first-order chi connectivity index (χ1) is 8.65. The number of nitrogen functional groups attached to an aromatic ring is 1. The van der Waals surface area contributed by atoms with Crippen molar-refractivity contribution >= 4 is 17.5 Å². The van der Waals surface area contributed by atoms with Gasteiger partial charge in [-0.3, -0.25) is 14.9 Å². The topological polar surface area (TPSA) is 103 Å². The minimum atomic E-state index is -0.395. The van der Waals surface area contributed by atoms with E-state index in [0.29, 0.717) is 5.69 Å². The number of carbonyl (C=O) groups excluding carboxylic acids is 1. The van der Waals surface area contributed by atoms with E-state index in [0.717, 1.165) is 0 Å². The lowest BCUT2D eigenvalue weighted by Crippen LogP contribution is -2.27. The van der Waals surface area contributed by atoms with Gasteiger partial charge in [0.15, 0.2) is 0 Å². The van der Waals surface area contributed by atoms with Gasteiger partial charge >= 0.3 is 0 Å². The Morgan fingerprint density at radius 2 is 2.06 bits per heavy atom. The number of nitrogens with two attached hydrogens (primary N) is 1. The summed E-state index contributed by atoms with van der Waals surface area (Å²) < 4.78 is 1.22. The summed E-state index contributed by atoms with van der Waals surface area (Å²) in [4.78, 5) is 30.8. The normalized spacial score (nSPS) is 10.0. The number of carbonyl (C=O) groups is 1. The Bertz CT molecular complexity index is 608. The molecule has 3 N–H and O–H groups in total. The van der Waals surface area contributed by atoms with Gasteiger partial charge in [0, 0.05) is 30.3 Å². The second-order valence-electron chi connectivity index (χ2n) is 3.55. The van der Waals surface area contributed by atoms with Crippen molar-refractivity contribution in [3.05, 3.63) is 47.1 Å². The highest BCUT2D eigenvalue weighted by atomic mass is 16.2. The summed E-state index contributed by atoms with van der Waals surface area (Å²) in [5, 5.41) is 2.48. The van der Waals surface area contributed by atoms with Crippen LogP contribution >= 0.6 is 0 Å². The lowest BCUT2D eigenvalue weighted by atomic mass is 10.4. The fourth-order valence-corrected chi connectivity index (χ4v) is 1.36. The zero-order valence-electron chi connectivity index (χ0n) is 9.41. The van der Waals surface area contributed by atoms with E-state index in [1.165, 1.54) is 35.3 Å². The van der Waals surface area contributed by atoms with E-state index in [2.05, 4.69) is 15.3 Å². The van der Waals surface area contributed by atoms with E-state index in [4.69, 9.17) is 5.73 Å². The maximum absolute atomic E-state index is 11.7. The lowest BCUT2D eigenvalue weighted by Gasteiger charge is -2.06. The molecule has 18 heavy (non-hydrogen) atoms. The van der Waals surface area contributed by atoms with E-state index in [1.54, 1.807) is 6.07 Å². The molecule has 0 unspecified atom stereocenters. The standard InChI is InChI=1S/C11H11N5O2/c12-8-2-3-10(18)16(6-8)7-9(17)15-11-13-4-1-5-14-11/h1-6H,7,12H2,(H,13,14,15,17). The van der Waals surface area contributed by atoms with Crippen LogP contribution in [0.25, 0.3) is 0 Å². The Morgan fingerprint density at radius 3 is 2.78 bits per heavy atom. The van der Waals surface area contributed by atoms with E-state index in [9.17, 15) is 9.59 Å². The number of amides is 1. The summed E-state index contributed by atoms with van der Waals surface area (Å²) >= 11 is 0. The molecule has 0 aliphatic heterocycles. The van der Waals surface area contributed by atoms with Gasteiger partial charge in [-0.15, -0.1) is 0 Å². The Hall–Kier alpha value is -2.70. The van der Waals surface area contributed by atoms with Gasteiger partial charge in [-0.1, -0.05) is 0 Å². The summed E-state index contributed by atoms with van der Waals surface area (Å²) in [6.45, 7) is -0.137. The number of nitrogens with one attached hydrogen (secondary N) is 1. The summed E-state index contributed by atoms with van der Waals surface area (Å²) in [5.74, 6) is -0.201. The van der Waals surface area contributed by atoms with Gasteiger partial charge in [-0.2, -0.15) is 0 Å². The third-order valence-corrected chi connectivity index (χ3v) is 2.14. The fraction of sp³-hybridized carbons (Fsp3) is 0.0909. The summed E-state index contributed by atoms with van der Waals surface area (Å²) in [5.41, 5.74) is 5.66. The van der Waals surface area contributed by atoms with Gasteiger partial charge in [0.05, 0.1) is 0 Å². The number of aromatic nitrogens is 3. The van der Waals surface area contributed by atoms with Crippen molar-refractivity contribution in [1.29, 1.82) is 0 Å². The number of pyridine rings is 1. The van der Waals surface area contributed by atoms with Gasteiger partial charge in [0.1, 0.15) is 6.54 Å². The number of hydrogen-bond acceptors (Lipinski definition) is 5. The highest BCUT2D eigenvalue weighted by Gasteiger charge is 2.06. The second kappa shape index (κ2) is 5.09. The van der Waals surface area contributed by atoms with E-state index in [1.807, 2.05) is 0 Å². The Kier molecular flexibility index (Phi) is 3.33. The second-order valence-corrected chi connectivity index (χ2v) is 3.55. The molecule has 0 aliphatic rings. The third-order valence-electron chi connectivity index (χ3n) is 2.14. The first-order valence-corrected chi connectivity index (χ1v) is 5.18. The molecule has 0 atom stereocenters. The van der Waals surface area contributed by atoms with Crippen LogP contribution in [0.2, 0.25) is 0 Å². The van der Waals surface area contributed by atoms with E-state index >= 15 is 0 Å². The van der Waals surface area contributed by atoms with E-state index in [-0.39, 0.29) is 18.1 Å². The molecule has 0 saturated heterocycles. The molecule has 2 rings (SSSR count). The molecule has 92 valence electrons. The van der Waals surface area contributed by atoms with Crippen molar-refractivity contribution in [2.75, 3.05) is 11.1 Å². The number of nitrogens with zero attached hydrogens (tertiary/aromatic N) is 3. The molecule has 0 aromatic carbocycles. The van der Waals surface area contributed by atoms with Gasteiger partial charge < -0.3 is 10.3 Å². The van der Waals surface area contributed by atoms with Crippen LogP contribution in [-0.4, -0.2) is 20.4 Å². The maximum atomic E-state index is 11.7. The summed E-state index contributed by atoms with van der Waals surface area (Å²) in [6.07, 6.45) is 4.43. The first kappa shape index (κ1) is 11.8. The highest BCUT2D eigenvalue weighted by molar-refractivity contribution is 5.88. The smallest absolute Gasteiger partial charge is 0.251 e. The average molecular weight is 245 g/mol. The molecular formula is C11H11N5O2. The van der Waals surface area contributed by atoms with Crippen LogP contribution < -0.4 is 16.6 Å². The van der Waals surface area contributed by atoms with Crippen LogP contribution in [0.5, 0.6) is 0 Å². The van der Waals surface area contributed by atoms with Crippen LogP contribution in [0.1, 0.15) is 0 Å². The van der Waals surface area contributed by atoms with Gasteiger partial charge in [-0.25, -0.2) is 9.97 Å². The molecule has 2 heterocycles. The largest absolute Gasteiger partial charge is 0.398 e. The predicted octanol–water partition coefficient (Wildman–Crippen LogP) is -0.141. The summed E-state index contributed by atoms with van der Waals surface area (Å²) in [7, 11) is 0. The van der Waals surface area contributed by atoms with Crippen LogP contribution in [0.15, 0.2) is 41.6 Å². The molecule has 7 heteroatoms. The minimum Gasteiger partial charge on any atom is -0.398 e. The molecule has 2 aromatic heterocycles. The molecule has 2 aromatic rings. The molecule has 1 amide bonds. The zero-order valence-corrected chi connectivity index (χ0v) is 9.41. The van der Waals surface area contributed by atoms with Crippen LogP contribution in [-0.2, 0) is 11.3 Å². The van der Waals surface area contributed by atoms with Crippen molar-refractivity contribution in [2.45, 2.75) is 6.54 Å². The molecule has 0 saturated carbocycles. The minimum absolute atomic E-state index is 0.137. The van der Waals surface area contributed by atoms with Crippen molar-refractivity contribution in [3.8, 4) is 0 Å². The van der Waals surface area contributed by atoms with Crippen LogP contribution in [0.3, 0.4) is 0 Å². The van der Waals surface area contributed by atoms with Gasteiger partial charge in [0.25, 0.3) is 5.56 Å². The van der Waals surface area contributed by atoms with Gasteiger partial charge in [-0.05, 0) is 12.1 Å². The van der Waals surface area contributed by atoms with Crippen LogP contribution in [0, 0.1) is 0 Å². The summed E-state index contributed by atoms with van der Waals surface area (Å²) in [6, 6.07) is 4.43. The zero-order chi connectivity index (χ0) is 13.0. The Balaban J connectivity index is 2.08. The van der Waals surface area contributed by atoms with Crippen LogP contribution in [0.4, 0.5) is 11.6 Å². The molecule has 0 aliphatic carbocycles. The predicted molar refractivity (Wildman–Crippen MR) is 65.8 cm³/mol. The average Bonchev–Trinajstić information content (AvgIpc) is 2.35. The van der Waals surface area contributed by atoms with Crippen molar-refractivity contribution in [2.24, 2.45) is 0 Å². The quantitative estimate of drug-likeness (QED) is 0.783. The monoisotopic (exact) mass is 245 g/mol. The van der Waals surface area contributed by atoms with Gasteiger partial charge in [0.2, 0.25) is 11.9 Å². The lowest BCUT2D eigenvalue weighted by molar-refractivity contribution is -0.116. The molecule has 0 bridgehead atoms. The first-order valence-electron chi connectivity index (χ1n) is 5.18. The molecule has 0 spiro atoms. The van der Waals surface area contributed by atoms with Crippen molar-refractivity contribution in [3.63, 3.8) is 0 Å². The maximum Gasteiger partial charge on any atom is 0.251 e. The number of rotatable bonds is 3. The molecule has 0 fully saturated rings. The number of anilines is 2.